The normalized spacial score (nSPS) is 26.3. The van der Waals surface area contributed by atoms with Crippen LogP contribution in [0.1, 0.15) is 32.6 Å². The second kappa shape index (κ2) is 7.90. The van der Waals surface area contributed by atoms with E-state index in [0.29, 0.717) is 18.1 Å². The maximum atomic E-state index is 11.7. The number of hydrogen-bond acceptors (Lipinski definition) is 5. The van der Waals surface area contributed by atoms with Crippen LogP contribution in [-0.2, 0) is 14.6 Å². The summed E-state index contributed by atoms with van der Waals surface area (Å²) in [4.78, 5) is 2.36. The van der Waals surface area contributed by atoms with E-state index in [9.17, 15) is 8.42 Å². The van der Waals surface area contributed by atoms with Gasteiger partial charge in [-0.15, -0.1) is 0 Å². The molecule has 2 aliphatic rings. The molecule has 2 aliphatic heterocycles. The van der Waals surface area contributed by atoms with Gasteiger partial charge in [-0.3, -0.25) is 0 Å². The summed E-state index contributed by atoms with van der Waals surface area (Å²) in [5, 5.41) is 3.57. The van der Waals surface area contributed by atoms with Gasteiger partial charge >= 0.3 is 0 Å². The molecule has 0 aromatic carbocycles. The van der Waals surface area contributed by atoms with Crippen molar-refractivity contribution in [2.75, 3.05) is 57.4 Å². The molecule has 0 aromatic heterocycles. The highest BCUT2D eigenvalue weighted by atomic mass is 32.2. The molecule has 0 aliphatic carbocycles. The zero-order valence-electron chi connectivity index (χ0n) is 13.3. The van der Waals surface area contributed by atoms with Crippen LogP contribution in [0, 0.1) is 5.41 Å². The average molecular weight is 318 g/mol. The molecule has 2 saturated heterocycles. The van der Waals surface area contributed by atoms with Gasteiger partial charge in [0, 0.05) is 32.8 Å². The van der Waals surface area contributed by atoms with E-state index in [1.807, 2.05) is 0 Å². The maximum absolute atomic E-state index is 11.7. The largest absolute Gasteiger partial charge is 0.381 e. The average Bonchev–Trinajstić information content (AvgIpc) is 2.62. The van der Waals surface area contributed by atoms with Crippen molar-refractivity contribution in [3.63, 3.8) is 0 Å². The van der Waals surface area contributed by atoms with Crippen molar-refractivity contribution in [2.24, 2.45) is 5.41 Å². The Labute approximate surface area is 129 Å². The molecule has 0 aromatic rings. The topological polar surface area (TPSA) is 58.6 Å². The van der Waals surface area contributed by atoms with Crippen molar-refractivity contribution in [1.29, 1.82) is 0 Å². The summed E-state index contributed by atoms with van der Waals surface area (Å²) in [5.74, 6) is 0.676. The van der Waals surface area contributed by atoms with Crippen LogP contribution >= 0.6 is 0 Å². The Bertz CT molecular complexity index is 405. The number of ether oxygens (including phenoxy) is 1. The first-order chi connectivity index (χ1) is 10.1. The first-order valence-corrected chi connectivity index (χ1v) is 10.1. The molecule has 6 heteroatoms. The molecular weight excluding hydrogens is 288 g/mol. The van der Waals surface area contributed by atoms with Crippen LogP contribution in [0.15, 0.2) is 0 Å². The van der Waals surface area contributed by atoms with Crippen LogP contribution in [0.2, 0.25) is 0 Å². The maximum Gasteiger partial charge on any atom is 0.151 e. The van der Waals surface area contributed by atoms with Gasteiger partial charge in [0.1, 0.15) is 0 Å². The summed E-state index contributed by atoms with van der Waals surface area (Å²) in [6.07, 6.45) is 4.08. The third-order valence-electron chi connectivity index (χ3n) is 4.69. The van der Waals surface area contributed by atoms with Crippen LogP contribution < -0.4 is 5.32 Å². The van der Waals surface area contributed by atoms with E-state index in [2.05, 4.69) is 17.1 Å². The van der Waals surface area contributed by atoms with Crippen molar-refractivity contribution >= 4 is 9.84 Å². The van der Waals surface area contributed by atoms with Crippen LogP contribution in [0.3, 0.4) is 0 Å². The summed E-state index contributed by atoms with van der Waals surface area (Å²) in [6, 6.07) is 0. The lowest BCUT2D eigenvalue weighted by atomic mass is 9.79. The number of rotatable bonds is 6. The number of sulfone groups is 1. The van der Waals surface area contributed by atoms with Gasteiger partial charge in [0.05, 0.1) is 11.5 Å². The van der Waals surface area contributed by atoms with Gasteiger partial charge in [0.15, 0.2) is 9.84 Å². The highest BCUT2D eigenvalue weighted by Crippen LogP contribution is 2.31. The van der Waals surface area contributed by atoms with E-state index >= 15 is 0 Å². The summed E-state index contributed by atoms with van der Waals surface area (Å²) in [5.41, 5.74) is 0.252. The monoisotopic (exact) mass is 318 g/mol. The first-order valence-electron chi connectivity index (χ1n) is 8.27. The fourth-order valence-electron chi connectivity index (χ4n) is 3.35. The smallest absolute Gasteiger partial charge is 0.151 e. The third-order valence-corrected chi connectivity index (χ3v) is 6.40. The van der Waals surface area contributed by atoms with Gasteiger partial charge in [-0.1, -0.05) is 6.92 Å². The molecular formula is C15H30N2O3S. The van der Waals surface area contributed by atoms with Crippen molar-refractivity contribution in [3.8, 4) is 0 Å². The molecule has 0 amide bonds. The Morgan fingerprint density at radius 3 is 2.67 bits per heavy atom. The fourth-order valence-corrected chi connectivity index (χ4v) is 4.66. The molecule has 124 valence electrons. The van der Waals surface area contributed by atoms with Gasteiger partial charge in [0.2, 0.25) is 0 Å². The first kappa shape index (κ1) is 17.2. The molecule has 0 radical (unpaired) electrons. The molecule has 2 heterocycles. The van der Waals surface area contributed by atoms with Crippen molar-refractivity contribution in [3.05, 3.63) is 0 Å². The summed E-state index contributed by atoms with van der Waals surface area (Å²) in [7, 11) is -2.82. The van der Waals surface area contributed by atoms with E-state index < -0.39 is 9.84 Å². The lowest BCUT2D eigenvalue weighted by Crippen LogP contribution is -2.48. The molecule has 0 unspecified atom stereocenters. The number of nitrogens with one attached hydrogen (secondary N) is 1. The molecule has 0 spiro atoms. The molecule has 2 fully saturated rings. The second-order valence-corrected chi connectivity index (χ2v) is 8.87. The zero-order valence-corrected chi connectivity index (χ0v) is 14.1. The van der Waals surface area contributed by atoms with Gasteiger partial charge in [-0.05, 0) is 44.2 Å². The molecule has 0 atom stereocenters. The number of hydrogen-bond donors (Lipinski definition) is 1. The summed E-state index contributed by atoms with van der Waals surface area (Å²) in [6.45, 7) is 8.53. The van der Waals surface area contributed by atoms with Crippen molar-refractivity contribution in [2.45, 2.75) is 32.6 Å². The molecule has 2 rings (SSSR count). The quantitative estimate of drug-likeness (QED) is 0.738. The van der Waals surface area contributed by atoms with Crippen LogP contribution in [0.25, 0.3) is 0 Å². The lowest BCUT2D eigenvalue weighted by molar-refractivity contribution is -0.00318. The Balaban J connectivity index is 1.94. The Morgan fingerprint density at radius 2 is 1.95 bits per heavy atom. The minimum Gasteiger partial charge on any atom is -0.381 e. The highest BCUT2D eigenvalue weighted by molar-refractivity contribution is 7.91. The van der Waals surface area contributed by atoms with Gasteiger partial charge < -0.3 is 15.0 Å². The second-order valence-electron chi connectivity index (χ2n) is 6.57. The fraction of sp³-hybridized carbons (Fsp3) is 1.00. The molecule has 21 heavy (non-hydrogen) atoms. The van der Waals surface area contributed by atoms with Crippen LogP contribution in [0.5, 0.6) is 0 Å². The zero-order chi connectivity index (χ0) is 15.2. The molecule has 1 N–H and O–H groups in total. The van der Waals surface area contributed by atoms with E-state index in [1.165, 1.54) is 0 Å². The Morgan fingerprint density at radius 1 is 1.19 bits per heavy atom. The molecule has 0 bridgehead atoms. The number of nitrogens with zero attached hydrogens (tertiary/aromatic N) is 1. The van der Waals surface area contributed by atoms with Crippen LogP contribution in [-0.4, -0.2) is 70.8 Å². The van der Waals surface area contributed by atoms with Crippen molar-refractivity contribution in [1.82, 2.24) is 10.2 Å². The lowest BCUT2D eigenvalue weighted by Gasteiger charge is -2.41. The molecule has 0 saturated carbocycles. The van der Waals surface area contributed by atoms with Gasteiger partial charge in [-0.25, -0.2) is 8.42 Å². The van der Waals surface area contributed by atoms with Gasteiger partial charge in [-0.2, -0.15) is 0 Å². The minimum absolute atomic E-state index is 0.252. The standard InChI is InChI=1S/C15H30N2O3S/c1-2-6-16-13-15(4-9-20-10-5-15)14-17-7-3-11-21(18,19)12-8-17/h16H,2-14H2,1H3. The van der Waals surface area contributed by atoms with E-state index in [-0.39, 0.29) is 5.41 Å². The van der Waals surface area contributed by atoms with Crippen LogP contribution in [0.4, 0.5) is 0 Å². The molecule has 5 nitrogen and oxygen atoms in total. The predicted molar refractivity (Wildman–Crippen MR) is 85.4 cm³/mol. The Hall–Kier alpha value is -0.170. The van der Waals surface area contributed by atoms with Crippen molar-refractivity contribution < 1.29 is 13.2 Å². The highest BCUT2D eigenvalue weighted by Gasteiger charge is 2.35. The van der Waals surface area contributed by atoms with Gasteiger partial charge in [0.25, 0.3) is 0 Å². The summed E-state index contributed by atoms with van der Waals surface area (Å²) < 4.78 is 29.0. The summed E-state index contributed by atoms with van der Waals surface area (Å²) >= 11 is 0. The Kier molecular flexibility index (Phi) is 6.47. The van der Waals surface area contributed by atoms with E-state index in [1.54, 1.807) is 0 Å². The van der Waals surface area contributed by atoms with E-state index in [0.717, 1.165) is 65.1 Å². The predicted octanol–water partition coefficient (Wildman–Crippen LogP) is 0.903. The van der Waals surface area contributed by atoms with E-state index in [4.69, 9.17) is 4.74 Å². The minimum atomic E-state index is -2.82. The SMILES string of the molecule is CCCNCC1(CN2CCCS(=O)(=O)CC2)CCOCC1. The third kappa shape index (κ3) is 5.51.